The Bertz CT molecular complexity index is 565. The summed E-state index contributed by atoms with van der Waals surface area (Å²) in [5, 5.41) is 9.89. The molecule has 0 atom stereocenters. The Labute approximate surface area is 126 Å². The Morgan fingerprint density at radius 3 is 2.62 bits per heavy atom. The molecule has 1 N–H and O–H groups in total. The summed E-state index contributed by atoms with van der Waals surface area (Å²) in [4.78, 5) is 6.13. The molecule has 0 amide bonds. The van der Waals surface area contributed by atoms with Crippen molar-refractivity contribution >= 4 is 0 Å². The number of aromatic nitrogens is 1. The molecule has 1 aromatic heterocycles. The highest BCUT2D eigenvalue weighted by Gasteiger charge is 2.16. The van der Waals surface area contributed by atoms with Crippen LogP contribution in [0.25, 0.3) is 0 Å². The summed E-state index contributed by atoms with van der Waals surface area (Å²) in [6.45, 7) is 4.91. The van der Waals surface area contributed by atoms with E-state index in [2.05, 4.69) is 9.88 Å². The molecule has 0 radical (unpaired) electrons. The van der Waals surface area contributed by atoms with Gasteiger partial charge in [0.2, 0.25) is 0 Å². The van der Waals surface area contributed by atoms with Crippen LogP contribution in [0.15, 0.2) is 48.8 Å². The van der Waals surface area contributed by atoms with Crippen molar-refractivity contribution in [2.45, 2.75) is 26.0 Å². The van der Waals surface area contributed by atoms with E-state index in [1.54, 1.807) is 12.4 Å². The predicted octanol–water partition coefficient (Wildman–Crippen LogP) is 3.08. The van der Waals surface area contributed by atoms with Crippen molar-refractivity contribution in [2.24, 2.45) is 0 Å². The molecule has 1 aromatic carbocycles. The molecular weight excluding hydrogens is 264 g/mol. The number of aliphatic hydroxyl groups is 1. The van der Waals surface area contributed by atoms with Crippen molar-refractivity contribution in [3.05, 3.63) is 54.4 Å². The molecule has 0 bridgehead atoms. The minimum Gasteiger partial charge on any atom is -0.455 e. The highest BCUT2D eigenvalue weighted by atomic mass is 16.5. The lowest BCUT2D eigenvalue weighted by molar-refractivity contribution is 0.0423. The maximum absolute atomic E-state index is 9.89. The molecule has 21 heavy (non-hydrogen) atoms. The fraction of sp³-hybridized carbons (Fsp3) is 0.353. The summed E-state index contributed by atoms with van der Waals surface area (Å²) in [5.41, 5.74) is 0.363. The van der Waals surface area contributed by atoms with Gasteiger partial charge < -0.3 is 9.84 Å². The van der Waals surface area contributed by atoms with Crippen molar-refractivity contribution in [3.63, 3.8) is 0 Å². The molecule has 0 spiro atoms. The smallest absolute Gasteiger partial charge is 0.145 e. The second-order valence-corrected chi connectivity index (χ2v) is 5.88. The summed E-state index contributed by atoms with van der Waals surface area (Å²) in [6, 6.07) is 11.6. The van der Waals surface area contributed by atoms with Crippen LogP contribution in [-0.2, 0) is 6.54 Å². The van der Waals surface area contributed by atoms with Gasteiger partial charge in [-0.1, -0.05) is 18.2 Å². The first kappa shape index (κ1) is 15.5. The zero-order chi connectivity index (χ0) is 15.3. The summed E-state index contributed by atoms with van der Waals surface area (Å²) < 4.78 is 5.89. The Morgan fingerprint density at radius 1 is 1.19 bits per heavy atom. The van der Waals surface area contributed by atoms with E-state index in [-0.39, 0.29) is 0 Å². The van der Waals surface area contributed by atoms with Crippen molar-refractivity contribution in [3.8, 4) is 11.5 Å². The van der Waals surface area contributed by atoms with Gasteiger partial charge in [-0.05, 0) is 39.1 Å². The van der Waals surface area contributed by atoms with Gasteiger partial charge in [0.1, 0.15) is 11.5 Å². The summed E-state index contributed by atoms with van der Waals surface area (Å²) in [6.07, 6.45) is 3.41. The molecule has 2 aromatic rings. The highest BCUT2D eigenvalue weighted by Crippen LogP contribution is 2.25. The van der Waals surface area contributed by atoms with Gasteiger partial charge in [-0.3, -0.25) is 9.88 Å². The Hall–Kier alpha value is -1.91. The SMILES string of the molecule is CN(Cc1ccccc1Oc1cccnc1)CC(C)(C)O. The number of likely N-dealkylation sites (N-methyl/N-ethyl adjacent to an activating group) is 1. The fourth-order valence-electron chi connectivity index (χ4n) is 2.28. The lowest BCUT2D eigenvalue weighted by Gasteiger charge is -2.26. The summed E-state index contributed by atoms with van der Waals surface area (Å²) >= 11 is 0. The standard InChI is InChI=1S/C17H22N2O2/c1-17(2,20)13-19(3)12-14-7-4-5-9-16(14)21-15-8-6-10-18-11-15/h4-11,20H,12-13H2,1-3H3. The Kier molecular flexibility index (Phi) is 4.94. The van der Waals surface area contributed by atoms with Gasteiger partial charge in [0.05, 0.1) is 11.8 Å². The van der Waals surface area contributed by atoms with E-state index < -0.39 is 5.60 Å². The number of para-hydroxylation sites is 1. The van der Waals surface area contributed by atoms with E-state index in [4.69, 9.17) is 4.74 Å². The van der Waals surface area contributed by atoms with Crippen LogP contribution in [0.4, 0.5) is 0 Å². The molecule has 0 fully saturated rings. The third kappa shape index (κ3) is 5.17. The van der Waals surface area contributed by atoms with Gasteiger partial charge in [-0.25, -0.2) is 0 Å². The molecule has 0 saturated heterocycles. The molecule has 4 nitrogen and oxygen atoms in total. The Morgan fingerprint density at radius 2 is 1.95 bits per heavy atom. The number of pyridine rings is 1. The normalized spacial score (nSPS) is 11.7. The number of ether oxygens (including phenoxy) is 1. The topological polar surface area (TPSA) is 45.6 Å². The van der Waals surface area contributed by atoms with Gasteiger partial charge in [-0.15, -0.1) is 0 Å². The molecule has 0 unspecified atom stereocenters. The van der Waals surface area contributed by atoms with Crippen LogP contribution in [0, 0.1) is 0 Å². The van der Waals surface area contributed by atoms with Crippen molar-refractivity contribution in [2.75, 3.05) is 13.6 Å². The first-order valence-corrected chi connectivity index (χ1v) is 7.01. The molecule has 0 aliphatic carbocycles. The number of benzene rings is 1. The van der Waals surface area contributed by atoms with Crippen molar-refractivity contribution in [1.82, 2.24) is 9.88 Å². The zero-order valence-electron chi connectivity index (χ0n) is 12.8. The number of nitrogens with zero attached hydrogens (tertiary/aromatic N) is 2. The quantitative estimate of drug-likeness (QED) is 0.886. The van der Waals surface area contributed by atoms with Crippen molar-refractivity contribution < 1.29 is 9.84 Å². The van der Waals surface area contributed by atoms with Gasteiger partial charge in [0, 0.05) is 24.8 Å². The van der Waals surface area contributed by atoms with E-state index in [0.29, 0.717) is 13.1 Å². The van der Waals surface area contributed by atoms with Crippen LogP contribution in [0.1, 0.15) is 19.4 Å². The van der Waals surface area contributed by atoms with E-state index >= 15 is 0 Å². The van der Waals surface area contributed by atoms with E-state index in [0.717, 1.165) is 17.1 Å². The minimum absolute atomic E-state index is 0.591. The van der Waals surface area contributed by atoms with E-state index in [1.165, 1.54) is 0 Å². The van der Waals surface area contributed by atoms with Gasteiger partial charge in [0.25, 0.3) is 0 Å². The van der Waals surface area contributed by atoms with Crippen LogP contribution in [-0.4, -0.2) is 34.2 Å². The van der Waals surface area contributed by atoms with Crippen LogP contribution in [0.3, 0.4) is 0 Å². The lowest BCUT2D eigenvalue weighted by atomic mass is 10.1. The lowest BCUT2D eigenvalue weighted by Crippen LogP contribution is -2.35. The molecule has 1 heterocycles. The molecular formula is C17H22N2O2. The van der Waals surface area contributed by atoms with Crippen LogP contribution in [0.2, 0.25) is 0 Å². The second-order valence-electron chi connectivity index (χ2n) is 5.88. The van der Waals surface area contributed by atoms with Gasteiger partial charge in [0.15, 0.2) is 0 Å². The Balaban J connectivity index is 2.10. The number of rotatable bonds is 6. The summed E-state index contributed by atoms with van der Waals surface area (Å²) in [7, 11) is 1.98. The van der Waals surface area contributed by atoms with E-state index in [1.807, 2.05) is 57.3 Å². The van der Waals surface area contributed by atoms with Crippen molar-refractivity contribution in [1.29, 1.82) is 0 Å². The molecule has 4 heteroatoms. The van der Waals surface area contributed by atoms with Crippen LogP contribution in [0.5, 0.6) is 11.5 Å². The maximum Gasteiger partial charge on any atom is 0.145 e. The zero-order valence-corrected chi connectivity index (χ0v) is 12.8. The van der Waals surface area contributed by atoms with Gasteiger partial charge >= 0.3 is 0 Å². The fourth-order valence-corrected chi connectivity index (χ4v) is 2.28. The molecule has 112 valence electrons. The molecule has 0 aliphatic heterocycles. The minimum atomic E-state index is -0.714. The molecule has 0 saturated carbocycles. The largest absolute Gasteiger partial charge is 0.455 e. The predicted molar refractivity (Wildman–Crippen MR) is 83.4 cm³/mol. The van der Waals surface area contributed by atoms with Gasteiger partial charge in [-0.2, -0.15) is 0 Å². The summed E-state index contributed by atoms with van der Waals surface area (Å²) in [5.74, 6) is 1.53. The average Bonchev–Trinajstić information content (AvgIpc) is 2.40. The van der Waals surface area contributed by atoms with E-state index in [9.17, 15) is 5.11 Å². The highest BCUT2D eigenvalue weighted by molar-refractivity contribution is 5.37. The second kappa shape index (κ2) is 6.70. The number of hydrogen-bond donors (Lipinski definition) is 1. The first-order valence-electron chi connectivity index (χ1n) is 7.01. The van der Waals surface area contributed by atoms with Crippen LogP contribution < -0.4 is 4.74 Å². The van der Waals surface area contributed by atoms with Crippen LogP contribution >= 0.6 is 0 Å². The molecule has 0 aliphatic rings. The average molecular weight is 286 g/mol. The maximum atomic E-state index is 9.89. The number of hydrogen-bond acceptors (Lipinski definition) is 4. The first-order chi connectivity index (χ1) is 9.94. The molecule has 2 rings (SSSR count). The monoisotopic (exact) mass is 286 g/mol. The third-order valence-corrected chi connectivity index (χ3v) is 2.93. The third-order valence-electron chi connectivity index (χ3n) is 2.93.